The number of hydrogen-bond donors (Lipinski definition) is 1. The van der Waals surface area contributed by atoms with E-state index < -0.39 is 0 Å². The molecule has 108 valence electrons. The second-order valence-corrected chi connectivity index (χ2v) is 5.84. The summed E-state index contributed by atoms with van der Waals surface area (Å²) < 4.78 is 10.6. The molecule has 1 aliphatic carbocycles. The molecule has 0 aromatic carbocycles. The number of nitrogens with two attached hydrogens (primary N) is 1. The number of thiophene rings is 1. The maximum atomic E-state index is 5.98. The van der Waals surface area contributed by atoms with Gasteiger partial charge in [0.2, 0.25) is 0 Å². The van der Waals surface area contributed by atoms with Crippen LogP contribution in [0.5, 0.6) is 0 Å². The first-order valence-electron chi connectivity index (χ1n) is 6.81. The third-order valence-corrected chi connectivity index (χ3v) is 4.42. The van der Waals surface area contributed by atoms with E-state index in [0.717, 1.165) is 13.0 Å². The molecule has 2 rings (SSSR count). The minimum Gasteiger partial charge on any atom is -0.356 e. The van der Waals surface area contributed by atoms with Crippen molar-refractivity contribution >= 4 is 11.3 Å². The van der Waals surface area contributed by atoms with Crippen molar-refractivity contribution in [2.24, 2.45) is 5.73 Å². The Labute approximate surface area is 119 Å². The van der Waals surface area contributed by atoms with E-state index in [-0.39, 0.29) is 6.29 Å². The van der Waals surface area contributed by atoms with Crippen molar-refractivity contribution in [3.8, 4) is 0 Å². The van der Waals surface area contributed by atoms with E-state index in [1.807, 2.05) is 0 Å². The summed E-state index contributed by atoms with van der Waals surface area (Å²) in [6.45, 7) is 1.63. The van der Waals surface area contributed by atoms with Crippen LogP contribution in [0.15, 0.2) is 16.8 Å². The molecule has 1 aromatic heterocycles. The van der Waals surface area contributed by atoms with Gasteiger partial charge in [0, 0.05) is 45.8 Å². The van der Waals surface area contributed by atoms with Gasteiger partial charge in [-0.25, -0.2) is 0 Å². The molecule has 0 amide bonds. The topological polar surface area (TPSA) is 47.7 Å². The summed E-state index contributed by atoms with van der Waals surface area (Å²) in [5.41, 5.74) is 7.35. The molecule has 1 heterocycles. The minimum absolute atomic E-state index is 0.169. The number of ether oxygens (including phenoxy) is 2. The molecule has 1 unspecified atom stereocenters. The van der Waals surface area contributed by atoms with E-state index in [1.54, 1.807) is 25.6 Å². The van der Waals surface area contributed by atoms with Crippen molar-refractivity contribution in [2.45, 2.75) is 44.2 Å². The molecule has 0 radical (unpaired) electrons. The Bertz CT molecular complexity index is 350. The highest BCUT2D eigenvalue weighted by atomic mass is 32.1. The third-order valence-electron chi connectivity index (χ3n) is 3.69. The molecule has 19 heavy (non-hydrogen) atoms. The zero-order valence-corrected chi connectivity index (χ0v) is 12.6. The lowest BCUT2D eigenvalue weighted by atomic mass is 10.1. The standard InChI is InChI=1S/C14H24N2O2S/c1-17-14(18-2)7-13(8-15)16(12-3-4-12)9-11-5-6-19-10-11/h5-6,10,12-14H,3-4,7-9,15H2,1-2H3. The van der Waals surface area contributed by atoms with Crippen LogP contribution in [0.1, 0.15) is 24.8 Å². The van der Waals surface area contributed by atoms with Crippen molar-refractivity contribution < 1.29 is 9.47 Å². The van der Waals surface area contributed by atoms with Gasteiger partial charge in [0.05, 0.1) is 0 Å². The summed E-state index contributed by atoms with van der Waals surface area (Å²) in [7, 11) is 3.37. The molecule has 1 fully saturated rings. The van der Waals surface area contributed by atoms with Gasteiger partial charge in [-0.15, -0.1) is 0 Å². The average molecular weight is 284 g/mol. The Morgan fingerprint density at radius 2 is 2.16 bits per heavy atom. The van der Waals surface area contributed by atoms with Gasteiger partial charge in [0.1, 0.15) is 0 Å². The van der Waals surface area contributed by atoms with Crippen LogP contribution in [-0.4, -0.2) is 44.0 Å². The molecule has 2 N–H and O–H groups in total. The normalized spacial score (nSPS) is 17.3. The van der Waals surface area contributed by atoms with E-state index in [9.17, 15) is 0 Å². The first-order valence-corrected chi connectivity index (χ1v) is 7.75. The number of methoxy groups -OCH3 is 2. The summed E-state index contributed by atoms with van der Waals surface area (Å²) in [4.78, 5) is 2.52. The fourth-order valence-electron chi connectivity index (χ4n) is 2.43. The predicted octanol–water partition coefficient (Wildman–Crippen LogP) is 2.05. The van der Waals surface area contributed by atoms with Crippen LogP contribution in [0.3, 0.4) is 0 Å². The lowest BCUT2D eigenvalue weighted by molar-refractivity contribution is -0.117. The van der Waals surface area contributed by atoms with E-state index in [4.69, 9.17) is 15.2 Å². The molecule has 0 spiro atoms. The Balaban J connectivity index is 1.99. The summed E-state index contributed by atoms with van der Waals surface area (Å²) in [5.74, 6) is 0. The zero-order valence-electron chi connectivity index (χ0n) is 11.7. The van der Waals surface area contributed by atoms with Gasteiger partial charge in [-0.05, 0) is 35.2 Å². The smallest absolute Gasteiger partial charge is 0.158 e. The number of rotatable bonds is 9. The number of nitrogens with zero attached hydrogens (tertiary/aromatic N) is 1. The summed E-state index contributed by atoms with van der Waals surface area (Å²) in [6, 6.07) is 3.19. The van der Waals surface area contributed by atoms with Gasteiger partial charge < -0.3 is 15.2 Å². The maximum absolute atomic E-state index is 5.98. The van der Waals surface area contributed by atoms with Gasteiger partial charge in [0.15, 0.2) is 6.29 Å². The van der Waals surface area contributed by atoms with Crippen LogP contribution in [0.25, 0.3) is 0 Å². The van der Waals surface area contributed by atoms with Gasteiger partial charge >= 0.3 is 0 Å². The van der Waals surface area contributed by atoms with Crippen molar-refractivity contribution in [2.75, 3.05) is 20.8 Å². The fourth-order valence-corrected chi connectivity index (χ4v) is 3.09. The zero-order chi connectivity index (χ0) is 13.7. The van der Waals surface area contributed by atoms with Crippen molar-refractivity contribution in [1.82, 2.24) is 4.90 Å². The molecule has 1 aromatic rings. The second kappa shape index (κ2) is 7.36. The molecule has 5 heteroatoms. The SMILES string of the molecule is COC(CC(CN)N(Cc1ccsc1)C1CC1)OC. The van der Waals surface area contributed by atoms with Crippen LogP contribution >= 0.6 is 11.3 Å². The Hall–Kier alpha value is -0.460. The third kappa shape index (κ3) is 4.26. The van der Waals surface area contributed by atoms with Crippen LogP contribution < -0.4 is 5.73 Å². The Morgan fingerprint density at radius 1 is 1.42 bits per heavy atom. The van der Waals surface area contributed by atoms with E-state index in [2.05, 4.69) is 21.7 Å². The van der Waals surface area contributed by atoms with Crippen LogP contribution in [-0.2, 0) is 16.0 Å². The van der Waals surface area contributed by atoms with E-state index in [0.29, 0.717) is 18.6 Å². The molecule has 0 saturated heterocycles. The van der Waals surface area contributed by atoms with Gasteiger partial charge in [-0.1, -0.05) is 0 Å². The van der Waals surface area contributed by atoms with Crippen molar-refractivity contribution in [3.63, 3.8) is 0 Å². The first-order chi connectivity index (χ1) is 9.28. The maximum Gasteiger partial charge on any atom is 0.158 e. The first kappa shape index (κ1) is 14.9. The molecular weight excluding hydrogens is 260 g/mol. The van der Waals surface area contributed by atoms with Crippen molar-refractivity contribution in [1.29, 1.82) is 0 Å². The highest BCUT2D eigenvalue weighted by molar-refractivity contribution is 7.07. The van der Waals surface area contributed by atoms with Crippen LogP contribution in [0, 0.1) is 0 Å². The molecule has 1 saturated carbocycles. The lowest BCUT2D eigenvalue weighted by Gasteiger charge is -2.32. The minimum atomic E-state index is -0.169. The monoisotopic (exact) mass is 284 g/mol. The lowest BCUT2D eigenvalue weighted by Crippen LogP contribution is -2.44. The van der Waals surface area contributed by atoms with Crippen molar-refractivity contribution in [3.05, 3.63) is 22.4 Å². The molecular formula is C14H24N2O2S. The van der Waals surface area contributed by atoms with Gasteiger partial charge in [0.25, 0.3) is 0 Å². The largest absolute Gasteiger partial charge is 0.356 e. The van der Waals surface area contributed by atoms with Gasteiger partial charge in [-0.3, -0.25) is 4.90 Å². The number of hydrogen-bond acceptors (Lipinski definition) is 5. The van der Waals surface area contributed by atoms with Gasteiger partial charge in [-0.2, -0.15) is 11.3 Å². The highest BCUT2D eigenvalue weighted by Crippen LogP contribution is 2.31. The fraction of sp³-hybridized carbons (Fsp3) is 0.714. The summed E-state index contributed by atoms with van der Waals surface area (Å²) >= 11 is 1.75. The van der Waals surface area contributed by atoms with E-state index in [1.165, 1.54) is 18.4 Å². The van der Waals surface area contributed by atoms with Crippen LogP contribution in [0.4, 0.5) is 0 Å². The summed E-state index contributed by atoms with van der Waals surface area (Å²) in [5, 5.41) is 4.35. The average Bonchev–Trinajstić information content (AvgIpc) is 3.15. The Kier molecular flexibility index (Phi) is 5.78. The molecule has 1 aliphatic rings. The predicted molar refractivity (Wildman–Crippen MR) is 78.1 cm³/mol. The van der Waals surface area contributed by atoms with E-state index >= 15 is 0 Å². The highest BCUT2D eigenvalue weighted by Gasteiger charge is 2.34. The molecule has 0 bridgehead atoms. The molecule has 1 atom stereocenters. The second-order valence-electron chi connectivity index (χ2n) is 5.06. The molecule has 4 nitrogen and oxygen atoms in total. The molecule has 0 aliphatic heterocycles. The van der Waals surface area contributed by atoms with Crippen LogP contribution in [0.2, 0.25) is 0 Å². The quantitative estimate of drug-likeness (QED) is 0.705. The summed E-state index contributed by atoms with van der Waals surface area (Å²) in [6.07, 6.45) is 3.22. The Morgan fingerprint density at radius 3 is 2.63 bits per heavy atom.